The molecular weight excluding hydrogens is 432 g/mol. The van der Waals surface area contributed by atoms with Crippen LogP contribution < -0.4 is 5.73 Å². The van der Waals surface area contributed by atoms with E-state index in [2.05, 4.69) is 49.9 Å². The lowest BCUT2D eigenvalue weighted by Crippen LogP contribution is -2.43. The van der Waals surface area contributed by atoms with Gasteiger partial charge in [-0.15, -0.1) is 6.42 Å². The van der Waals surface area contributed by atoms with Gasteiger partial charge < -0.3 is 16.2 Å². The average Bonchev–Trinajstić information content (AvgIpc) is 2.82. The Morgan fingerprint density at radius 2 is 2.06 bits per heavy atom. The van der Waals surface area contributed by atoms with Crippen LogP contribution in [0.1, 0.15) is 58.7 Å². The molecule has 0 radical (unpaired) electrons. The third-order valence-electron chi connectivity index (χ3n) is 7.27. The molecule has 3 rings (SSSR count). The molecule has 0 aromatic carbocycles. The Labute approximate surface area is 210 Å². The lowest BCUT2D eigenvalue weighted by atomic mass is 9.63. The Morgan fingerprint density at radius 1 is 1.34 bits per heavy atom. The van der Waals surface area contributed by atoms with Crippen LogP contribution in [0.15, 0.2) is 70.0 Å². The highest BCUT2D eigenvalue weighted by Gasteiger charge is 2.44. The lowest BCUT2D eigenvalue weighted by Gasteiger charge is -2.44. The molecule has 0 amide bonds. The molecule has 1 aromatic rings. The monoisotopic (exact) mass is 470 g/mol. The highest BCUT2D eigenvalue weighted by atomic mass is 16.3. The van der Waals surface area contributed by atoms with Crippen LogP contribution in [0.2, 0.25) is 0 Å². The summed E-state index contributed by atoms with van der Waals surface area (Å²) in [7, 11) is 0. The lowest BCUT2D eigenvalue weighted by molar-refractivity contribution is 0.120. The Kier molecular flexibility index (Phi) is 7.97. The first-order chi connectivity index (χ1) is 16.5. The Balaban J connectivity index is 2.25. The number of hydrogen-bond acceptors (Lipinski definition) is 5. The van der Waals surface area contributed by atoms with Gasteiger partial charge in [0, 0.05) is 52.5 Å². The molecule has 1 aliphatic carbocycles. The zero-order chi connectivity index (χ0) is 25.9. The van der Waals surface area contributed by atoms with Gasteiger partial charge in [-0.2, -0.15) is 0 Å². The number of aryl methyl sites for hydroxylation is 1. The van der Waals surface area contributed by atoms with E-state index in [-0.39, 0.29) is 29.7 Å². The molecule has 184 valence electrons. The summed E-state index contributed by atoms with van der Waals surface area (Å²) in [6, 6.07) is 4.05. The minimum absolute atomic E-state index is 0.0117. The van der Waals surface area contributed by atoms with Gasteiger partial charge in [-0.25, -0.2) is 0 Å². The zero-order valence-electron chi connectivity index (χ0n) is 21.7. The second-order valence-electron chi connectivity index (χ2n) is 10.3. The van der Waals surface area contributed by atoms with Crippen molar-refractivity contribution < 1.29 is 5.11 Å². The Bertz CT molecular complexity index is 1170. The van der Waals surface area contributed by atoms with Gasteiger partial charge in [0.1, 0.15) is 0 Å². The van der Waals surface area contributed by atoms with Crippen molar-refractivity contribution in [1.29, 1.82) is 5.41 Å². The number of allylic oxidation sites excluding steroid dienone is 5. The van der Waals surface area contributed by atoms with Crippen LogP contribution in [0.5, 0.6) is 0 Å². The van der Waals surface area contributed by atoms with Gasteiger partial charge >= 0.3 is 0 Å². The van der Waals surface area contributed by atoms with Crippen molar-refractivity contribution in [3.05, 3.63) is 76.3 Å². The van der Waals surface area contributed by atoms with Gasteiger partial charge in [0.2, 0.25) is 0 Å². The number of nitrogens with one attached hydrogen (secondary N) is 1. The predicted octanol–water partition coefficient (Wildman–Crippen LogP) is 5.15. The minimum atomic E-state index is -0.929. The van der Waals surface area contributed by atoms with Gasteiger partial charge in [-0.3, -0.25) is 9.98 Å². The van der Waals surface area contributed by atoms with E-state index < -0.39 is 5.60 Å². The summed E-state index contributed by atoms with van der Waals surface area (Å²) in [6.45, 7) is 12.0. The van der Waals surface area contributed by atoms with Crippen LogP contribution >= 0.6 is 0 Å². The molecular formula is C30H38N4O. The first kappa shape index (κ1) is 26.4. The van der Waals surface area contributed by atoms with Gasteiger partial charge in [0.15, 0.2) is 0 Å². The molecule has 2 heterocycles. The highest BCUT2D eigenvalue weighted by molar-refractivity contribution is 6.04. The molecule has 1 aromatic heterocycles. The predicted molar refractivity (Wildman–Crippen MR) is 146 cm³/mol. The number of aliphatic imine (C=N–C) groups is 1. The van der Waals surface area contributed by atoms with Crippen LogP contribution in [0.25, 0.3) is 0 Å². The standard InChI is InChI=1S/C30H38N4O/c1-8-20(11-10-19(5)30(6,7)35)29-27(18(3)4)28(21-12-13-33-23(9-2)14-21)24-15-22(17-31)25(32)16-26(24)34-29/h1,10-18,24,27-29,31,35H,9,32H2,2-7H3/b19-10+,20-11+,31-17?. The Hall–Kier alpha value is -3.23. The molecule has 4 unspecified atom stereocenters. The second kappa shape index (κ2) is 10.6. The van der Waals surface area contributed by atoms with E-state index in [0.717, 1.165) is 34.5 Å². The number of terminal acetylenes is 1. The molecule has 1 aliphatic heterocycles. The summed E-state index contributed by atoms with van der Waals surface area (Å²) in [6.07, 6.45) is 17.9. The molecule has 0 saturated heterocycles. The van der Waals surface area contributed by atoms with Gasteiger partial charge in [-0.1, -0.05) is 38.8 Å². The maximum absolute atomic E-state index is 10.4. The van der Waals surface area contributed by atoms with E-state index in [1.165, 1.54) is 11.8 Å². The van der Waals surface area contributed by atoms with Crippen molar-refractivity contribution in [3.63, 3.8) is 0 Å². The second-order valence-corrected chi connectivity index (χ2v) is 10.3. The van der Waals surface area contributed by atoms with Crippen molar-refractivity contribution >= 4 is 11.9 Å². The van der Waals surface area contributed by atoms with E-state index in [1.807, 2.05) is 31.3 Å². The molecule has 2 aliphatic rings. The number of nitrogens with zero attached hydrogens (tertiary/aromatic N) is 2. The fourth-order valence-electron chi connectivity index (χ4n) is 4.97. The van der Waals surface area contributed by atoms with E-state index in [0.29, 0.717) is 5.70 Å². The topological polar surface area (TPSA) is 95.4 Å². The molecule has 35 heavy (non-hydrogen) atoms. The van der Waals surface area contributed by atoms with Crippen molar-refractivity contribution in [1.82, 2.24) is 4.98 Å². The quantitative estimate of drug-likeness (QED) is 0.292. The summed E-state index contributed by atoms with van der Waals surface area (Å²) in [5.74, 6) is 3.38. The highest BCUT2D eigenvalue weighted by Crippen LogP contribution is 2.47. The molecule has 4 atom stereocenters. The normalized spacial score (nSPS) is 25.3. The van der Waals surface area contributed by atoms with Gasteiger partial charge in [0.25, 0.3) is 0 Å². The summed E-state index contributed by atoms with van der Waals surface area (Å²) in [5.41, 5.74) is 11.4. The van der Waals surface area contributed by atoms with Crippen molar-refractivity contribution in [3.8, 4) is 12.3 Å². The van der Waals surface area contributed by atoms with E-state index in [1.54, 1.807) is 13.8 Å². The molecule has 5 heteroatoms. The maximum Gasteiger partial charge on any atom is 0.0867 e. The van der Waals surface area contributed by atoms with Crippen molar-refractivity contribution in [2.45, 2.75) is 65.5 Å². The molecule has 4 N–H and O–H groups in total. The number of aromatic nitrogens is 1. The van der Waals surface area contributed by atoms with Crippen molar-refractivity contribution in [2.75, 3.05) is 0 Å². The van der Waals surface area contributed by atoms with E-state index in [4.69, 9.17) is 22.6 Å². The molecule has 0 fully saturated rings. The average molecular weight is 471 g/mol. The minimum Gasteiger partial charge on any atom is -0.398 e. The first-order valence-electron chi connectivity index (χ1n) is 12.3. The van der Waals surface area contributed by atoms with Crippen LogP contribution in [0, 0.1) is 35.5 Å². The van der Waals surface area contributed by atoms with E-state index >= 15 is 0 Å². The number of aliphatic hydroxyl groups is 1. The van der Waals surface area contributed by atoms with Crippen LogP contribution in [0.3, 0.4) is 0 Å². The van der Waals surface area contributed by atoms with Gasteiger partial charge in [0.05, 0.1) is 11.6 Å². The fourth-order valence-corrected chi connectivity index (χ4v) is 4.97. The summed E-state index contributed by atoms with van der Waals surface area (Å²) < 4.78 is 0. The Morgan fingerprint density at radius 3 is 2.63 bits per heavy atom. The van der Waals surface area contributed by atoms with Crippen molar-refractivity contribution in [2.24, 2.45) is 28.5 Å². The third kappa shape index (κ3) is 5.55. The summed E-state index contributed by atoms with van der Waals surface area (Å²) >= 11 is 0. The van der Waals surface area contributed by atoms with Gasteiger partial charge in [-0.05, 0) is 74.4 Å². The summed E-state index contributed by atoms with van der Waals surface area (Å²) in [5, 5.41) is 18.2. The van der Waals surface area contributed by atoms with E-state index in [9.17, 15) is 5.11 Å². The molecule has 5 nitrogen and oxygen atoms in total. The summed E-state index contributed by atoms with van der Waals surface area (Å²) in [4.78, 5) is 9.70. The number of fused-ring (bicyclic) bond motifs is 1. The maximum atomic E-state index is 10.4. The number of rotatable bonds is 7. The largest absolute Gasteiger partial charge is 0.398 e. The smallest absolute Gasteiger partial charge is 0.0867 e. The number of pyridine rings is 1. The molecule has 0 spiro atoms. The SMILES string of the molecule is C#C/C(=C\C=C(/C)C(C)(C)O)C1N=C2C=C(N)C(C=N)=CC2C(c2ccnc(CC)c2)C1C(C)C. The first-order valence-corrected chi connectivity index (χ1v) is 12.3. The van der Waals surface area contributed by atoms with Crippen LogP contribution in [-0.4, -0.2) is 33.7 Å². The van der Waals surface area contributed by atoms with Crippen LogP contribution in [0.4, 0.5) is 0 Å². The number of hydrogen-bond donors (Lipinski definition) is 3. The fraction of sp³-hybridized carbons (Fsp3) is 0.433. The van der Waals surface area contributed by atoms with Crippen LogP contribution in [-0.2, 0) is 6.42 Å². The number of nitrogens with two attached hydrogens (primary N) is 1. The molecule has 0 bridgehead atoms. The zero-order valence-corrected chi connectivity index (χ0v) is 21.7. The third-order valence-corrected chi connectivity index (χ3v) is 7.27. The molecule has 0 saturated carbocycles.